The molecule has 2 aromatic heterocycles. The summed E-state index contributed by atoms with van der Waals surface area (Å²) in [6.07, 6.45) is 1.80. The van der Waals surface area contributed by atoms with Crippen LogP contribution < -0.4 is 11.5 Å². The van der Waals surface area contributed by atoms with E-state index < -0.39 is 5.97 Å². The molecule has 0 amide bonds. The molecule has 2 heterocycles. The number of hydrogen-bond acceptors (Lipinski definition) is 8. The van der Waals surface area contributed by atoms with Crippen molar-refractivity contribution in [3.05, 3.63) is 63.6 Å². The number of esters is 1. The Morgan fingerprint density at radius 2 is 1.92 bits per heavy atom. The summed E-state index contributed by atoms with van der Waals surface area (Å²) in [5, 5.41) is 1.90. The predicted octanol–water partition coefficient (Wildman–Crippen LogP) is 2.69. The average Bonchev–Trinajstić information content (AvgIpc) is 3.11. The lowest BCUT2D eigenvalue weighted by Crippen LogP contribution is -2.11. The van der Waals surface area contributed by atoms with Crippen molar-refractivity contribution >= 4 is 40.9 Å². The van der Waals surface area contributed by atoms with Crippen LogP contribution in [0.1, 0.15) is 21.8 Å². The summed E-state index contributed by atoms with van der Waals surface area (Å²) in [6, 6.07) is 11.6. The van der Waals surface area contributed by atoms with E-state index in [-0.39, 0.29) is 24.3 Å². The smallest absolute Gasteiger partial charge is 0.340 e. The van der Waals surface area contributed by atoms with Gasteiger partial charge in [0.15, 0.2) is 12.4 Å². The molecule has 4 N–H and O–H groups in total. The van der Waals surface area contributed by atoms with Crippen molar-refractivity contribution in [2.75, 3.05) is 11.5 Å². The van der Waals surface area contributed by atoms with E-state index in [1.165, 1.54) is 11.3 Å². The monoisotopic (exact) mass is 367 g/mol. The number of nitrogen functional groups attached to an aromatic ring is 2. The quantitative estimate of drug-likeness (QED) is 0.526. The minimum absolute atomic E-state index is 0.0164. The molecule has 0 radical (unpaired) electrons. The first kappa shape index (κ1) is 17.6. The number of aryl methyl sites for hydroxylation is 1. The number of ether oxygens (including phenoxy) is 1. The molecule has 8 heteroatoms. The highest BCUT2D eigenvalue weighted by Crippen LogP contribution is 2.25. The van der Waals surface area contributed by atoms with Gasteiger partial charge in [-0.2, -0.15) is 15.0 Å². The van der Waals surface area contributed by atoms with Crippen LogP contribution in [0.25, 0.3) is 11.6 Å². The molecule has 0 aliphatic heterocycles. The van der Waals surface area contributed by atoms with Crippen molar-refractivity contribution in [3.63, 3.8) is 0 Å². The standard InChI is InChI=1S/C18H17N5O2S/c1-11-4-2-5-12(8-11)9-13(14-6-3-7-26-14)16(24)25-10-15-21-17(19)23-18(20)22-15/h2-9H,10H2,1H3,(H4,19,20,21,22,23)/b13-9+. The predicted molar refractivity (Wildman–Crippen MR) is 102 cm³/mol. The van der Waals surface area contributed by atoms with Crippen LogP contribution in [0.15, 0.2) is 41.8 Å². The zero-order valence-corrected chi connectivity index (χ0v) is 14.9. The molecule has 0 spiro atoms. The van der Waals surface area contributed by atoms with Gasteiger partial charge in [-0.15, -0.1) is 11.3 Å². The van der Waals surface area contributed by atoms with E-state index in [1.54, 1.807) is 6.08 Å². The van der Waals surface area contributed by atoms with Crippen molar-refractivity contribution in [2.24, 2.45) is 0 Å². The molecule has 0 bridgehead atoms. The van der Waals surface area contributed by atoms with Crippen LogP contribution >= 0.6 is 11.3 Å². The van der Waals surface area contributed by atoms with Crippen LogP contribution in [0.2, 0.25) is 0 Å². The first-order valence-corrected chi connectivity index (χ1v) is 8.64. The van der Waals surface area contributed by atoms with Crippen LogP contribution in [0.3, 0.4) is 0 Å². The lowest BCUT2D eigenvalue weighted by atomic mass is 10.1. The Kier molecular flexibility index (Phi) is 5.23. The van der Waals surface area contributed by atoms with Crippen LogP contribution in [-0.4, -0.2) is 20.9 Å². The lowest BCUT2D eigenvalue weighted by Gasteiger charge is -2.08. The van der Waals surface area contributed by atoms with Crippen LogP contribution in [-0.2, 0) is 16.1 Å². The summed E-state index contributed by atoms with van der Waals surface area (Å²) >= 11 is 1.46. The Labute approximate surface area is 154 Å². The SMILES string of the molecule is Cc1cccc(/C=C(/C(=O)OCc2nc(N)nc(N)n2)c2cccs2)c1. The molecule has 0 saturated heterocycles. The highest BCUT2D eigenvalue weighted by atomic mass is 32.1. The van der Waals surface area contributed by atoms with Gasteiger partial charge in [-0.3, -0.25) is 0 Å². The maximum absolute atomic E-state index is 12.7. The minimum Gasteiger partial charge on any atom is -0.454 e. The summed E-state index contributed by atoms with van der Waals surface area (Å²) in [5.74, 6) is -0.314. The number of aromatic nitrogens is 3. The van der Waals surface area contributed by atoms with Crippen molar-refractivity contribution < 1.29 is 9.53 Å². The van der Waals surface area contributed by atoms with Crippen molar-refractivity contribution in [2.45, 2.75) is 13.5 Å². The lowest BCUT2D eigenvalue weighted by molar-refractivity contribution is -0.138. The largest absolute Gasteiger partial charge is 0.454 e. The van der Waals surface area contributed by atoms with Gasteiger partial charge in [0.25, 0.3) is 0 Å². The maximum atomic E-state index is 12.7. The van der Waals surface area contributed by atoms with Crippen molar-refractivity contribution in [1.29, 1.82) is 0 Å². The maximum Gasteiger partial charge on any atom is 0.340 e. The van der Waals surface area contributed by atoms with E-state index in [0.717, 1.165) is 16.0 Å². The van der Waals surface area contributed by atoms with E-state index in [1.807, 2.05) is 48.7 Å². The molecule has 26 heavy (non-hydrogen) atoms. The Hall–Kier alpha value is -3.26. The zero-order valence-electron chi connectivity index (χ0n) is 14.0. The fourth-order valence-corrected chi connectivity index (χ4v) is 3.05. The fourth-order valence-electron chi connectivity index (χ4n) is 2.32. The number of carbonyl (C=O) groups is 1. The summed E-state index contributed by atoms with van der Waals surface area (Å²) < 4.78 is 5.36. The van der Waals surface area contributed by atoms with Gasteiger partial charge in [0.2, 0.25) is 11.9 Å². The molecule has 0 aliphatic rings. The number of carbonyl (C=O) groups excluding carboxylic acids is 1. The Morgan fingerprint density at radius 1 is 1.15 bits per heavy atom. The van der Waals surface area contributed by atoms with Gasteiger partial charge >= 0.3 is 5.97 Å². The third-order valence-corrected chi connectivity index (χ3v) is 4.31. The number of nitrogens with two attached hydrogens (primary N) is 2. The average molecular weight is 367 g/mol. The number of rotatable bonds is 5. The highest BCUT2D eigenvalue weighted by molar-refractivity contribution is 7.11. The molecule has 0 fully saturated rings. The number of anilines is 2. The molecule has 3 rings (SSSR count). The third-order valence-electron chi connectivity index (χ3n) is 3.41. The molecule has 7 nitrogen and oxygen atoms in total. The molecule has 0 atom stereocenters. The Balaban J connectivity index is 1.84. The molecule has 132 valence electrons. The van der Waals surface area contributed by atoms with Crippen LogP contribution in [0.4, 0.5) is 11.9 Å². The second kappa shape index (κ2) is 7.75. The first-order chi connectivity index (χ1) is 12.5. The highest BCUT2D eigenvalue weighted by Gasteiger charge is 2.16. The van der Waals surface area contributed by atoms with Crippen molar-refractivity contribution in [3.8, 4) is 0 Å². The van der Waals surface area contributed by atoms with Crippen LogP contribution in [0.5, 0.6) is 0 Å². The van der Waals surface area contributed by atoms with Crippen molar-refractivity contribution in [1.82, 2.24) is 15.0 Å². The zero-order chi connectivity index (χ0) is 18.5. The molecule has 0 unspecified atom stereocenters. The van der Waals surface area contributed by atoms with E-state index in [0.29, 0.717) is 5.57 Å². The summed E-state index contributed by atoms with van der Waals surface area (Å²) in [5.41, 5.74) is 13.5. The minimum atomic E-state index is -0.480. The van der Waals surface area contributed by atoms with Gasteiger partial charge in [0.1, 0.15) is 0 Å². The fraction of sp³-hybridized carbons (Fsp3) is 0.111. The number of benzene rings is 1. The van der Waals surface area contributed by atoms with Gasteiger partial charge in [-0.05, 0) is 30.0 Å². The second-order valence-corrected chi connectivity index (χ2v) is 6.44. The van der Waals surface area contributed by atoms with Gasteiger partial charge in [0, 0.05) is 4.88 Å². The Morgan fingerprint density at radius 3 is 2.58 bits per heavy atom. The molecule has 0 aliphatic carbocycles. The summed E-state index contributed by atoms with van der Waals surface area (Å²) in [6.45, 7) is 1.85. The first-order valence-electron chi connectivity index (χ1n) is 7.76. The van der Waals surface area contributed by atoms with Gasteiger partial charge in [0.05, 0.1) is 5.57 Å². The molecular weight excluding hydrogens is 350 g/mol. The van der Waals surface area contributed by atoms with Gasteiger partial charge in [-0.1, -0.05) is 35.9 Å². The number of hydrogen-bond donors (Lipinski definition) is 2. The second-order valence-electron chi connectivity index (χ2n) is 5.49. The Bertz CT molecular complexity index is 934. The van der Waals surface area contributed by atoms with E-state index in [2.05, 4.69) is 15.0 Å². The topological polar surface area (TPSA) is 117 Å². The molecular formula is C18H17N5O2S. The number of nitrogens with zero attached hydrogens (tertiary/aromatic N) is 3. The van der Waals surface area contributed by atoms with Gasteiger partial charge in [-0.25, -0.2) is 4.79 Å². The number of thiophene rings is 1. The van der Waals surface area contributed by atoms with Crippen LogP contribution in [0, 0.1) is 6.92 Å². The normalized spacial score (nSPS) is 11.3. The van der Waals surface area contributed by atoms with E-state index >= 15 is 0 Å². The van der Waals surface area contributed by atoms with E-state index in [4.69, 9.17) is 16.2 Å². The van der Waals surface area contributed by atoms with E-state index in [9.17, 15) is 4.79 Å². The summed E-state index contributed by atoms with van der Waals surface area (Å²) in [4.78, 5) is 25.0. The molecule has 0 saturated carbocycles. The van der Waals surface area contributed by atoms with Gasteiger partial charge < -0.3 is 16.2 Å². The molecule has 1 aromatic carbocycles. The molecule has 3 aromatic rings. The third kappa shape index (κ3) is 4.42. The summed E-state index contributed by atoms with van der Waals surface area (Å²) in [7, 11) is 0.